The molecule has 1 aliphatic rings. The molecule has 0 bridgehead atoms. The molecular formula is C16H17F2N3O3. The molecule has 8 heteroatoms. The molecule has 1 aliphatic carbocycles. The number of nitrogens with zero attached hydrogens (tertiary/aromatic N) is 1. The Balaban J connectivity index is 1.92. The van der Waals surface area contributed by atoms with Gasteiger partial charge in [0.2, 0.25) is 5.91 Å². The number of alkyl halides is 2. The minimum absolute atomic E-state index is 0.0319. The Morgan fingerprint density at radius 2 is 2.04 bits per heavy atom. The standard InChI is InChI=1S/C16H17F2N3O3/c17-16(18,6-5-13(22)21-15(10-19)7-8-15)9-11-3-1-2-4-12(11)24-14(20)23/h1-4H,5-9H2,(H2,20,23)(H,21,22). The molecular weight excluding hydrogens is 320 g/mol. The first-order valence-corrected chi connectivity index (χ1v) is 7.41. The molecule has 0 radical (unpaired) electrons. The first kappa shape index (κ1) is 17.7. The fraction of sp³-hybridized carbons (Fsp3) is 0.438. The topological polar surface area (TPSA) is 105 Å². The van der Waals surface area contributed by atoms with E-state index in [-0.39, 0.29) is 11.3 Å². The summed E-state index contributed by atoms with van der Waals surface area (Å²) in [7, 11) is 0. The maximum Gasteiger partial charge on any atom is 0.409 e. The Kier molecular flexibility index (Phi) is 5.02. The zero-order valence-corrected chi connectivity index (χ0v) is 12.9. The molecule has 0 atom stereocenters. The van der Waals surface area contributed by atoms with E-state index in [4.69, 9.17) is 15.7 Å². The van der Waals surface area contributed by atoms with Crippen molar-refractivity contribution in [1.82, 2.24) is 5.32 Å². The quantitative estimate of drug-likeness (QED) is 0.796. The van der Waals surface area contributed by atoms with Crippen LogP contribution in [-0.4, -0.2) is 23.5 Å². The lowest BCUT2D eigenvalue weighted by molar-refractivity contribution is -0.123. The normalized spacial score (nSPS) is 15.2. The van der Waals surface area contributed by atoms with Gasteiger partial charge in [0.15, 0.2) is 0 Å². The summed E-state index contributed by atoms with van der Waals surface area (Å²) >= 11 is 0. The van der Waals surface area contributed by atoms with Crippen molar-refractivity contribution in [2.45, 2.75) is 43.6 Å². The molecule has 1 fully saturated rings. The van der Waals surface area contributed by atoms with Crippen molar-refractivity contribution in [2.75, 3.05) is 0 Å². The van der Waals surface area contributed by atoms with Crippen molar-refractivity contribution < 1.29 is 23.1 Å². The third-order valence-corrected chi connectivity index (χ3v) is 3.69. The largest absolute Gasteiger partial charge is 0.410 e. The minimum atomic E-state index is -3.17. The van der Waals surface area contributed by atoms with E-state index in [1.165, 1.54) is 24.3 Å². The maximum atomic E-state index is 14.1. The summed E-state index contributed by atoms with van der Waals surface area (Å²) in [5.41, 5.74) is 4.16. The Hall–Kier alpha value is -2.69. The smallest absolute Gasteiger partial charge is 0.409 e. The molecule has 6 nitrogen and oxygen atoms in total. The lowest BCUT2D eigenvalue weighted by Gasteiger charge is -2.18. The number of nitrogens with two attached hydrogens (primary N) is 1. The number of rotatable bonds is 7. The van der Waals surface area contributed by atoms with Gasteiger partial charge in [-0.25, -0.2) is 13.6 Å². The summed E-state index contributed by atoms with van der Waals surface area (Å²) in [4.78, 5) is 22.5. The van der Waals surface area contributed by atoms with Gasteiger partial charge in [-0.3, -0.25) is 4.79 Å². The number of carbonyl (C=O) groups excluding carboxylic acids is 2. The van der Waals surface area contributed by atoms with E-state index in [1.54, 1.807) is 0 Å². The number of carbonyl (C=O) groups is 2. The highest BCUT2D eigenvalue weighted by Crippen LogP contribution is 2.35. The summed E-state index contributed by atoms with van der Waals surface area (Å²) in [6.07, 6.45) is -1.75. The predicted octanol–water partition coefficient (Wildman–Crippen LogP) is 2.27. The second-order valence-electron chi connectivity index (χ2n) is 5.80. The average Bonchev–Trinajstić information content (AvgIpc) is 3.27. The number of benzene rings is 1. The van der Waals surface area contributed by atoms with Gasteiger partial charge in [0, 0.05) is 24.8 Å². The molecule has 1 aromatic rings. The Bertz CT molecular complexity index is 681. The van der Waals surface area contributed by atoms with Crippen molar-refractivity contribution in [3.63, 3.8) is 0 Å². The molecule has 0 heterocycles. The van der Waals surface area contributed by atoms with Crippen molar-refractivity contribution in [3.05, 3.63) is 29.8 Å². The monoisotopic (exact) mass is 337 g/mol. The number of amides is 2. The van der Waals surface area contributed by atoms with Crippen LogP contribution in [0.4, 0.5) is 13.6 Å². The van der Waals surface area contributed by atoms with E-state index < -0.39 is 42.7 Å². The zero-order chi connectivity index (χ0) is 17.8. The van der Waals surface area contributed by atoms with Crippen LogP contribution in [0.25, 0.3) is 0 Å². The van der Waals surface area contributed by atoms with E-state index >= 15 is 0 Å². The third-order valence-electron chi connectivity index (χ3n) is 3.69. The van der Waals surface area contributed by atoms with E-state index in [1.807, 2.05) is 6.07 Å². The summed E-state index contributed by atoms with van der Waals surface area (Å²) in [6.45, 7) is 0. The highest BCUT2D eigenvalue weighted by molar-refractivity contribution is 5.78. The second kappa shape index (κ2) is 6.83. The minimum Gasteiger partial charge on any atom is -0.410 e. The van der Waals surface area contributed by atoms with Gasteiger partial charge in [-0.1, -0.05) is 18.2 Å². The second-order valence-corrected chi connectivity index (χ2v) is 5.80. The number of primary amides is 1. The highest BCUT2D eigenvalue weighted by Gasteiger charge is 2.44. The number of hydrogen-bond donors (Lipinski definition) is 2. The van der Waals surface area contributed by atoms with Gasteiger partial charge in [-0.2, -0.15) is 5.26 Å². The van der Waals surface area contributed by atoms with E-state index in [2.05, 4.69) is 5.32 Å². The predicted molar refractivity (Wildman–Crippen MR) is 80.3 cm³/mol. The highest BCUT2D eigenvalue weighted by atomic mass is 19.3. The first-order chi connectivity index (χ1) is 11.3. The summed E-state index contributed by atoms with van der Waals surface area (Å²) < 4.78 is 32.9. The van der Waals surface area contributed by atoms with Gasteiger partial charge in [-0.05, 0) is 18.9 Å². The molecule has 0 spiro atoms. The Morgan fingerprint density at radius 1 is 1.38 bits per heavy atom. The fourth-order valence-corrected chi connectivity index (χ4v) is 2.24. The molecule has 2 amide bonds. The van der Waals surface area contributed by atoms with Gasteiger partial charge in [0.25, 0.3) is 5.92 Å². The third kappa shape index (κ3) is 4.91. The number of nitrogens with one attached hydrogen (secondary N) is 1. The maximum absolute atomic E-state index is 14.1. The molecule has 0 unspecified atom stereocenters. The Morgan fingerprint density at radius 3 is 2.62 bits per heavy atom. The van der Waals surface area contributed by atoms with Gasteiger partial charge in [-0.15, -0.1) is 0 Å². The van der Waals surface area contributed by atoms with Crippen LogP contribution in [-0.2, 0) is 11.2 Å². The van der Waals surface area contributed by atoms with Crippen LogP contribution in [0.2, 0.25) is 0 Å². The molecule has 3 N–H and O–H groups in total. The van der Waals surface area contributed by atoms with E-state index in [0.717, 1.165) is 0 Å². The number of para-hydroxylation sites is 1. The molecule has 1 saturated carbocycles. The van der Waals surface area contributed by atoms with Crippen LogP contribution in [0.1, 0.15) is 31.2 Å². The van der Waals surface area contributed by atoms with Crippen LogP contribution in [0.15, 0.2) is 24.3 Å². The number of hydrogen-bond acceptors (Lipinski definition) is 4. The summed E-state index contributed by atoms with van der Waals surface area (Å²) in [5, 5.41) is 11.3. The number of halogens is 2. The van der Waals surface area contributed by atoms with Gasteiger partial charge < -0.3 is 15.8 Å². The van der Waals surface area contributed by atoms with Crippen LogP contribution in [0.3, 0.4) is 0 Å². The van der Waals surface area contributed by atoms with Crippen LogP contribution >= 0.6 is 0 Å². The molecule has 128 valence electrons. The fourth-order valence-electron chi connectivity index (χ4n) is 2.24. The van der Waals surface area contributed by atoms with Gasteiger partial charge >= 0.3 is 6.09 Å². The van der Waals surface area contributed by atoms with Gasteiger partial charge in [0.05, 0.1) is 6.07 Å². The lowest BCUT2D eigenvalue weighted by Crippen LogP contribution is -2.36. The molecule has 0 aliphatic heterocycles. The van der Waals surface area contributed by atoms with E-state index in [9.17, 15) is 18.4 Å². The van der Waals surface area contributed by atoms with Crippen molar-refractivity contribution in [2.24, 2.45) is 5.73 Å². The van der Waals surface area contributed by atoms with Crippen molar-refractivity contribution in [1.29, 1.82) is 5.26 Å². The summed E-state index contributed by atoms with van der Waals surface area (Å²) in [6, 6.07) is 7.81. The lowest BCUT2D eigenvalue weighted by atomic mass is 10.0. The SMILES string of the molecule is N#CC1(NC(=O)CCC(F)(F)Cc2ccccc2OC(N)=O)CC1. The molecule has 0 saturated heterocycles. The van der Waals surface area contributed by atoms with Gasteiger partial charge in [0.1, 0.15) is 11.3 Å². The van der Waals surface area contributed by atoms with Crippen molar-refractivity contribution in [3.8, 4) is 11.8 Å². The van der Waals surface area contributed by atoms with Crippen LogP contribution in [0.5, 0.6) is 5.75 Å². The van der Waals surface area contributed by atoms with Crippen LogP contribution in [0, 0.1) is 11.3 Å². The zero-order valence-electron chi connectivity index (χ0n) is 12.9. The number of ether oxygens (including phenoxy) is 1. The number of nitriles is 1. The average molecular weight is 337 g/mol. The summed E-state index contributed by atoms with van der Waals surface area (Å²) in [5.74, 6) is -3.77. The molecule has 2 rings (SSSR count). The van der Waals surface area contributed by atoms with Crippen molar-refractivity contribution >= 4 is 12.0 Å². The first-order valence-electron chi connectivity index (χ1n) is 7.41. The molecule has 1 aromatic carbocycles. The Labute approximate surface area is 137 Å². The van der Waals surface area contributed by atoms with Crippen LogP contribution < -0.4 is 15.8 Å². The molecule has 24 heavy (non-hydrogen) atoms. The van der Waals surface area contributed by atoms with E-state index in [0.29, 0.717) is 12.8 Å². The molecule has 0 aromatic heterocycles.